The van der Waals surface area contributed by atoms with E-state index in [-0.39, 0.29) is 42.4 Å². The third kappa shape index (κ3) is 6.31. The van der Waals surface area contributed by atoms with Crippen LogP contribution in [0, 0.1) is 17.8 Å². The Morgan fingerprint density at radius 1 is 1.35 bits per heavy atom. The van der Waals surface area contributed by atoms with Crippen molar-refractivity contribution < 1.29 is 23.0 Å². The zero-order valence-corrected chi connectivity index (χ0v) is 20.8. The lowest BCUT2D eigenvalue weighted by atomic mass is 10.0. The smallest absolute Gasteiger partial charge is 0.247 e. The van der Waals surface area contributed by atoms with Crippen molar-refractivity contribution in [3.8, 4) is 17.6 Å². The second-order valence-electron chi connectivity index (χ2n) is 8.58. The second kappa shape index (κ2) is 11.7. The van der Waals surface area contributed by atoms with E-state index in [2.05, 4.69) is 26.7 Å². The third-order valence-electron chi connectivity index (χ3n) is 5.67. The lowest BCUT2D eigenvalue weighted by molar-refractivity contribution is 0.0733. The molecule has 34 heavy (non-hydrogen) atoms. The van der Waals surface area contributed by atoms with Crippen LogP contribution in [0.15, 0.2) is 41.8 Å². The number of methoxy groups -OCH3 is 1. The predicted octanol–water partition coefficient (Wildman–Crippen LogP) is 1.38. The van der Waals surface area contributed by atoms with E-state index in [1.807, 2.05) is 14.0 Å². The van der Waals surface area contributed by atoms with Gasteiger partial charge in [-0.25, -0.2) is 18.4 Å². The molecule has 1 aliphatic heterocycles. The van der Waals surface area contributed by atoms with Crippen molar-refractivity contribution in [2.75, 3.05) is 40.5 Å². The Kier molecular flexibility index (Phi) is 8.99. The number of hydrogen-bond donors (Lipinski definition) is 1. The molecule has 0 radical (unpaired) electrons. The normalized spacial score (nSPS) is 20.9. The van der Waals surface area contributed by atoms with Crippen LogP contribution in [0.4, 0.5) is 0 Å². The highest BCUT2D eigenvalue weighted by Gasteiger charge is 2.38. The number of hydrogen-bond acceptors (Lipinski definition) is 8. The van der Waals surface area contributed by atoms with Crippen LogP contribution in [-0.2, 0) is 21.3 Å². The number of fused-ring (bicyclic) bond motifs is 1. The summed E-state index contributed by atoms with van der Waals surface area (Å²) < 4.78 is 39.7. The average molecular weight is 489 g/mol. The van der Waals surface area contributed by atoms with Crippen molar-refractivity contribution in [1.29, 1.82) is 0 Å². The van der Waals surface area contributed by atoms with Gasteiger partial charge in [0.2, 0.25) is 10.0 Å². The Morgan fingerprint density at radius 2 is 2.09 bits per heavy atom. The summed E-state index contributed by atoms with van der Waals surface area (Å²) in [4.78, 5) is 10.3. The fourth-order valence-electron chi connectivity index (χ4n) is 3.83. The van der Waals surface area contributed by atoms with E-state index >= 15 is 0 Å². The second-order valence-corrected chi connectivity index (χ2v) is 10.4. The van der Waals surface area contributed by atoms with Crippen molar-refractivity contribution in [3.63, 3.8) is 0 Å². The van der Waals surface area contributed by atoms with Gasteiger partial charge in [0.05, 0.1) is 6.61 Å². The molecular weight excluding hydrogens is 456 g/mol. The van der Waals surface area contributed by atoms with Gasteiger partial charge >= 0.3 is 0 Å². The van der Waals surface area contributed by atoms with E-state index in [9.17, 15) is 13.5 Å². The Morgan fingerprint density at radius 3 is 2.76 bits per heavy atom. The van der Waals surface area contributed by atoms with Crippen molar-refractivity contribution in [2.24, 2.45) is 5.92 Å². The van der Waals surface area contributed by atoms with E-state index < -0.39 is 16.1 Å². The molecule has 1 aromatic heterocycles. The molecule has 2 heterocycles. The van der Waals surface area contributed by atoms with E-state index in [4.69, 9.17) is 9.47 Å². The number of aliphatic hydroxyl groups is 1. The molecular formula is C24H32N4O5S. The van der Waals surface area contributed by atoms with Crippen LogP contribution >= 0.6 is 0 Å². The maximum atomic E-state index is 13.5. The standard InChI is InChI=1S/C24H32N4O5S/c1-18-13-28(19(2)16-29)34(30,31)24-8-7-20(6-5-9-32-4)10-22(24)33-23(18)15-27(3)14-21-11-25-17-26-12-21/h7-8,10-12,17-19,23,29H,9,13-16H2,1-4H3/t18-,19+,23-/m0/s1. The minimum Gasteiger partial charge on any atom is -0.487 e. The number of benzene rings is 1. The maximum absolute atomic E-state index is 13.5. The molecule has 0 amide bonds. The summed E-state index contributed by atoms with van der Waals surface area (Å²) in [5.74, 6) is 5.97. The molecule has 3 rings (SSSR count). The summed E-state index contributed by atoms with van der Waals surface area (Å²) >= 11 is 0. The Bertz CT molecular complexity index is 1120. The van der Waals surface area contributed by atoms with Gasteiger partial charge in [-0.15, -0.1) is 0 Å². The van der Waals surface area contributed by atoms with Gasteiger partial charge < -0.3 is 14.6 Å². The largest absolute Gasteiger partial charge is 0.487 e. The van der Waals surface area contributed by atoms with Gasteiger partial charge in [-0.1, -0.05) is 18.8 Å². The van der Waals surface area contributed by atoms with Gasteiger partial charge in [-0.3, -0.25) is 4.90 Å². The molecule has 10 heteroatoms. The molecule has 0 saturated heterocycles. The minimum absolute atomic E-state index is 0.0705. The molecule has 1 aromatic carbocycles. The Hall–Kier alpha value is -2.55. The third-order valence-corrected chi connectivity index (χ3v) is 7.69. The molecule has 1 N–H and O–H groups in total. The zero-order chi connectivity index (χ0) is 24.7. The summed E-state index contributed by atoms with van der Waals surface area (Å²) in [6, 6.07) is 4.27. The lowest BCUT2D eigenvalue weighted by Gasteiger charge is -2.37. The van der Waals surface area contributed by atoms with Crippen LogP contribution in [0.25, 0.3) is 0 Å². The number of likely N-dealkylation sites (N-methyl/N-ethyl adjacent to an activating group) is 1. The van der Waals surface area contributed by atoms with Gasteiger partial charge in [0.1, 0.15) is 29.7 Å². The summed E-state index contributed by atoms with van der Waals surface area (Å²) in [5.41, 5.74) is 1.60. The average Bonchev–Trinajstić information content (AvgIpc) is 2.81. The molecule has 3 atom stereocenters. The molecule has 0 spiro atoms. The van der Waals surface area contributed by atoms with Crippen molar-refractivity contribution in [3.05, 3.63) is 48.0 Å². The summed E-state index contributed by atoms with van der Waals surface area (Å²) in [6.07, 6.45) is 4.72. The van der Waals surface area contributed by atoms with E-state index in [1.165, 1.54) is 16.7 Å². The highest BCUT2D eigenvalue weighted by molar-refractivity contribution is 7.89. The molecule has 9 nitrogen and oxygen atoms in total. The van der Waals surface area contributed by atoms with Crippen molar-refractivity contribution in [2.45, 2.75) is 37.4 Å². The first-order valence-electron chi connectivity index (χ1n) is 11.1. The molecule has 0 aliphatic carbocycles. The quantitative estimate of drug-likeness (QED) is 0.583. The SMILES string of the molecule is COCC#Cc1ccc2c(c1)O[C@@H](CN(C)Cc1cncnc1)[C@@H](C)CN([C@H](C)CO)S2(=O)=O. The van der Waals surface area contributed by atoms with E-state index in [1.54, 1.807) is 38.6 Å². The fourth-order valence-corrected chi connectivity index (χ4v) is 5.65. The molecule has 184 valence electrons. The monoisotopic (exact) mass is 488 g/mol. The number of aromatic nitrogens is 2. The lowest BCUT2D eigenvalue weighted by Crippen LogP contribution is -2.49. The first-order valence-corrected chi connectivity index (χ1v) is 12.5. The van der Waals surface area contributed by atoms with Gasteiger partial charge in [0.25, 0.3) is 0 Å². The predicted molar refractivity (Wildman–Crippen MR) is 128 cm³/mol. The van der Waals surface area contributed by atoms with Gasteiger partial charge in [0, 0.05) is 62.2 Å². The van der Waals surface area contributed by atoms with Crippen molar-refractivity contribution >= 4 is 10.0 Å². The topological polar surface area (TPSA) is 105 Å². The van der Waals surface area contributed by atoms with Crippen LogP contribution in [-0.4, -0.2) is 85.3 Å². The number of nitrogens with zero attached hydrogens (tertiary/aromatic N) is 4. The van der Waals surface area contributed by atoms with Crippen LogP contribution in [0.2, 0.25) is 0 Å². The molecule has 0 bridgehead atoms. The highest BCUT2D eigenvalue weighted by atomic mass is 32.2. The zero-order valence-electron chi connectivity index (χ0n) is 20.0. The Labute approximate surface area is 201 Å². The fraction of sp³-hybridized carbons (Fsp3) is 0.500. The summed E-state index contributed by atoms with van der Waals surface area (Å²) in [5, 5.41) is 9.77. The molecule has 0 fully saturated rings. The number of sulfonamides is 1. The minimum atomic E-state index is -3.88. The van der Waals surface area contributed by atoms with Crippen LogP contribution in [0.5, 0.6) is 5.75 Å². The Balaban J connectivity index is 1.97. The summed E-state index contributed by atoms with van der Waals surface area (Å²) in [7, 11) is -0.350. The molecule has 1 aliphatic rings. The maximum Gasteiger partial charge on any atom is 0.247 e. The van der Waals surface area contributed by atoms with Crippen LogP contribution in [0.3, 0.4) is 0 Å². The van der Waals surface area contributed by atoms with E-state index in [0.29, 0.717) is 18.7 Å². The molecule has 0 saturated carbocycles. The highest BCUT2D eigenvalue weighted by Crippen LogP contribution is 2.34. The number of ether oxygens (including phenoxy) is 2. The first kappa shape index (κ1) is 26.1. The number of aliphatic hydroxyl groups excluding tert-OH is 1. The molecule has 2 aromatic rings. The van der Waals surface area contributed by atoms with Gasteiger partial charge in [0.15, 0.2) is 0 Å². The van der Waals surface area contributed by atoms with Gasteiger partial charge in [-0.05, 0) is 32.2 Å². The van der Waals surface area contributed by atoms with E-state index in [0.717, 1.165) is 5.56 Å². The van der Waals surface area contributed by atoms with Crippen LogP contribution < -0.4 is 4.74 Å². The van der Waals surface area contributed by atoms with Gasteiger partial charge in [-0.2, -0.15) is 4.31 Å². The van der Waals surface area contributed by atoms with Crippen LogP contribution in [0.1, 0.15) is 25.0 Å². The first-order chi connectivity index (χ1) is 16.3. The molecule has 0 unspecified atom stereocenters. The number of rotatable bonds is 7. The van der Waals surface area contributed by atoms with Crippen molar-refractivity contribution in [1.82, 2.24) is 19.2 Å². The summed E-state index contributed by atoms with van der Waals surface area (Å²) in [6.45, 7) is 5.06.